The second kappa shape index (κ2) is 7.19. The minimum atomic E-state index is -4.14. The van der Waals surface area contributed by atoms with Crippen LogP contribution in [-0.2, 0) is 19.6 Å². The minimum absolute atomic E-state index is 0. The zero-order valence-corrected chi connectivity index (χ0v) is 10.9. The first-order valence-electron chi connectivity index (χ1n) is 3.29. The van der Waals surface area contributed by atoms with E-state index in [2.05, 4.69) is 11.3 Å². The van der Waals surface area contributed by atoms with Gasteiger partial charge in [-0.1, -0.05) is 6.58 Å². The molecule has 0 aliphatic rings. The maximum Gasteiger partial charge on any atom is 0.333 e. The summed E-state index contributed by atoms with van der Waals surface area (Å²) in [6, 6.07) is 0. The molecule has 1 radical (unpaired) electrons. The third kappa shape index (κ3) is 9.94. The number of rotatable bonds is 4. The summed E-state index contributed by atoms with van der Waals surface area (Å²) in [7, 11) is -4.14. The predicted octanol–water partition coefficient (Wildman–Crippen LogP) is 0.126. The summed E-state index contributed by atoms with van der Waals surface area (Å²) in [5.74, 6) is -0.611. The average molecular weight is 229 g/mol. The quantitative estimate of drug-likeness (QED) is 0.320. The van der Waals surface area contributed by atoms with Crippen LogP contribution in [0, 0.1) is 0 Å². The predicted molar refractivity (Wildman–Crippen MR) is 52.2 cm³/mol. The van der Waals surface area contributed by atoms with Gasteiger partial charge in [-0.2, -0.15) is 8.42 Å². The first-order chi connectivity index (χ1) is 5.83. The maximum absolute atomic E-state index is 10.7. The fourth-order valence-corrected chi connectivity index (χ4v) is 0.730. The summed E-state index contributed by atoms with van der Waals surface area (Å²) < 4.78 is 33.0. The molecular weight excluding hydrogens is 219 g/mol. The van der Waals surface area contributed by atoms with Crippen LogP contribution in [0.5, 0.6) is 0 Å². The molecule has 0 spiro atoms. The molecule has 75 valence electrons. The molecule has 0 atom stereocenters. The molecule has 0 heterocycles. The number of carbonyl (C=O) groups excluding carboxylic acids is 1. The third-order valence-corrected chi connectivity index (χ3v) is 1.46. The SMILES string of the molecule is C=C(C)C(=O)OCC=CS(=O)(=O)O.[Na]. The number of carbonyl (C=O) groups is 1. The van der Waals surface area contributed by atoms with Crippen molar-refractivity contribution in [2.24, 2.45) is 0 Å². The molecule has 0 fully saturated rings. The van der Waals surface area contributed by atoms with Crippen LogP contribution < -0.4 is 0 Å². The van der Waals surface area contributed by atoms with Gasteiger partial charge in [-0.15, -0.1) is 0 Å². The Kier molecular flexibility index (Phi) is 8.37. The summed E-state index contributed by atoms with van der Waals surface area (Å²) >= 11 is 0. The molecule has 0 saturated carbocycles. The molecule has 0 aliphatic heterocycles. The summed E-state index contributed by atoms with van der Waals surface area (Å²) in [5.41, 5.74) is 0.222. The fraction of sp³-hybridized carbons (Fsp3) is 0.286. The second-order valence-corrected chi connectivity index (χ2v) is 3.57. The van der Waals surface area contributed by atoms with Crippen molar-refractivity contribution in [2.45, 2.75) is 6.92 Å². The average Bonchev–Trinajstić information content (AvgIpc) is 1.95. The van der Waals surface area contributed by atoms with Crippen LogP contribution >= 0.6 is 0 Å². The van der Waals surface area contributed by atoms with Gasteiger partial charge in [0.1, 0.15) is 6.61 Å². The van der Waals surface area contributed by atoms with Gasteiger partial charge in [-0.25, -0.2) is 4.79 Å². The summed E-state index contributed by atoms with van der Waals surface area (Å²) in [4.78, 5) is 10.7. The van der Waals surface area contributed by atoms with Gasteiger partial charge in [0, 0.05) is 35.1 Å². The maximum atomic E-state index is 10.7. The molecule has 0 unspecified atom stereocenters. The molecule has 0 amide bonds. The summed E-state index contributed by atoms with van der Waals surface area (Å²) in [6.45, 7) is 4.57. The topological polar surface area (TPSA) is 80.7 Å². The van der Waals surface area contributed by atoms with Crippen LogP contribution in [0.4, 0.5) is 0 Å². The van der Waals surface area contributed by atoms with Gasteiger partial charge < -0.3 is 4.74 Å². The molecule has 0 aromatic carbocycles. The Morgan fingerprint density at radius 3 is 2.43 bits per heavy atom. The van der Waals surface area contributed by atoms with Crippen LogP contribution in [0.2, 0.25) is 0 Å². The molecule has 14 heavy (non-hydrogen) atoms. The van der Waals surface area contributed by atoms with E-state index >= 15 is 0 Å². The Labute approximate surface area is 105 Å². The molecule has 0 aromatic heterocycles. The molecule has 1 N–H and O–H groups in total. The van der Waals surface area contributed by atoms with E-state index in [1.165, 1.54) is 6.92 Å². The fourth-order valence-electron chi connectivity index (χ4n) is 0.408. The normalized spacial score (nSPS) is 10.7. The van der Waals surface area contributed by atoms with E-state index in [1.807, 2.05) is 0 Å². The molecule has 0 saturated heterocycles. The van der Waals surface area contributed by atoms with E-state index in [9.17, 15) is 13.2 Å². The van der Waals surface area contributed by atoms with E-state index in [0.717, 1.165) is 6.08 Å². The van der Waals surface area contributed by atoms with Crippen LogP contribution in [0.3, 0.4) is 0 Å². The van der Waals surface area contributed by atoms with Crippen molar-refractivity contribution in [3.05, 3.63) is 23.6 Å². The zero-order valence-electron chi connectivity index (χ0n) is 8.06. The number of hydrogen-bond donors (Lipinski definition) is 1. The first-order valence-corrected chi connectivity index (χ1v) is 4.80. The second-order valence-electron chi connectivity index (χ2n) is 2.27. The van der Waals surface area contributed by atoms with Gasteiger partial charge in [0.15, 0.2) is 0 Å². The van der Waals surface area contributed by atoms with Crippen molar-refractivity contribution < 1.29 is 22.5 Å². The Morgan fingerprint density at radius 2 is 2.07 bits per heavy atom. The van der Waals surface area contributed by atoms with E-state index in [-0.39, 0.29) is 41.7 Å². The van der Waals surface area contributed by atoms with Gasteiger partial charge in [0.2, 0.25) is 0 Å². The Bertz CT molecular complexity index is 330. The molecule has 5 nitrogen and oxygen atoms in total. The van der Waals surface area contributed by atoms with Crippen LogP contribution in [0.25, 0.3) is 0 Å². The van der Waals surface area contributed by atoms with E-state index < -0.39 is 16.1 Å². The molecule has 0 bridgehead atoms. The number of esters is 1. The number of ether oxygens (including phenoxy) is 1. The smallest absolute Gasteiger partial charge is 0.333 e. The summed E-state index contributed by atoms with van der Waals surface area (Å²) in [5, 5.41) is 0.540. The molecular formula is C7H10NaO5S. The molecule has 7 heteroatoms. The largest absolute Gasteiger partial charge is 0.458 e. The Balaban J connectivity index is 0. The Hall–Kier alpha value is -0.140. The first kappa shape index (κ1) is 16.3. The Morgan fingerprint density at radius 1 is 1.57 bits per heavy atom. The van der Waals surface area contributed by atoms with Crippen molar-refractivity contribution in [1.82, 2.24) is 0 Å². The monoisotopic (exact) mass is 229 g/mol. The van der Waals surface area contributed by atoms with Gasteiger partial charge in [-0.3, -0.25) is 4.55 Å². The molecule has 0 aliphatic carbocycles. The van der Waals surface area contributed by atoms with Crippen molar-refractivity contribution in [3.8, 4) is 0 Å². The minimum Gasteiger partial charge on any atom is -0.458 e. The van der Waals surface area contributed by atoms with Gasteiger partial charge in [-0.05, 0) is 13.0 Å². The van der Waals surface area contributed by atoms with Crippen molar-refractivity contribution in [1.29, 1.82) is 0 Å². The molecule has 0 rings (SSSR count). The van der Waals surface area contributed by atoms with Gasteiger partial charge in [0.05, 0.1) is 5.41 Å². The van der Waals surface area contributed by atoms with E-state index in [4.69, 9.17) is 4.55 Å². The number of hydrogen-bond acceptors (Lipinski definition) is 4. The van der Waals surface area contributed by atoms with E-state index in [1.54, 1.807) is 0 Å². The van der Waals surface area contributed by atoms with Gasteiger partial charge in [0.25, 0.3) is 10.1 Å². The third-order valence-electron chi connectivity index (χ3n) is 0.927. The van der Waals surface area contributed by atoms with Gasteiger partial charge >= 0.3 is 5.97 Å². The summed E-state index contributed by atoms with van der Waals surface area (Å²) in [6.07, 6.45) is 1.01. The zero-order chi connectivity index (χ0) is 10.5. The van der Waals surface area contributed by atoms with Crippen LogP contribution in [0.15, 0.2) is 23.6 Å². The van der Waals surface area contributed by atoms with Crippen molar-refractivity contribution in [3.63, 3.8) is 0 Å². The molecule has 0 aromatic rings. The van der Waals surface area contributed by atoms with Crippen LogP contribution in [-0.4, -0.2) is 55.1 Å². The van der Waals surface area contributed by atoms with Crippen LogP contribution in [0.1, 0.15) is 6.92 Å². The van der Waals surface area contributed by atoms with Crippen molar-refractivity contribution in [2.75, 3.05) is 6.61 Å². The van der Waals surface area contributed by atoms with Crippen molar-refractivity contribution >= 4 is 45.6 Å². The van der Waals surface area contributed by atoms with E-state index in [0.29, 0.717) is 5.41 Å². The standard InChI is InChI=1S/C7H10O5S.Na/c1-6(2)7(8)12-4-3-5-13(9,10)11;/h3,5H,1,4H2,2H3,(H,9,10,11);.